The van der Waals surface area contributed by atoms with Crippen LogP contribution in [-0.2, 0) is 6.54 Å². The first-order chi connectivity index (χ1) is 15.7. The summed E-state index contributed by atoms with van der Waals surface area (Å²) in [5, 5.41) is 1.01. The predicted octanol–water partition coefficient (Wildman–Crippen LogP) is 5.22. The zero-order valence-corrected chi connectivity index (χ0v) is 18.5. The molecule has 1 unspecified atom stereocenters. The highest BCUT2D eigenvalue weighted by atomic mass is 16.1. The van der Waals surface area contributed by atoms with E-state index >= 15 is 0 Å². The van der Waals surface area contributed by atoms with Crippen LogP contribution >= 0.6 is 0 Å². The van der Waals surface area contributed by atoms with Crippen molar-refractivity contribution in [2.24, 2.45) is 0 Å². The molecule has 1 aliphatic rings. The van der Waals surface area contributed by atoms with Crippen LogP contribution in [0, 0.1) is 6.92 Å². The molecule has 0 saturated carbocycles. The predicted molar refractivity (Wildman–Crippen MR) is 130 cm³/mol. The smallest absolute Gasteiger partial charge is 0.186 e. The Kier molecular flexibility index (Phi) is 5.89. The molecule has 4 nitrogen and oxygen atoms in total. The van der Waals surface area contributed by atoms with E-state index in [2.05, 4.69) is 57.2 Å². The second-order valence-electron chi connectivity index (χ2n) is 8.65. The van der Waals surface area contributed by atoms with Crippen LogP contribution in [0.5, 0.6) is 0 Å². The van der Waals surface area contributed by atoms with E-state index in [4.69, 9.17) is 0 Å². The number of aromatic nitrogens is 1. The number of carbonyl (C=O) groups excluding carboxylic acids is 1. The summed E-state index contributed by atoms with van der Waals surface area (Å²) in [7, 11) is 0. The topological polar surface area (TPSA) is 39.3 Å². The van der Waals surface area contributed by atoms with Crippen LogP contribution in [0.1, 0.15) is 33.2 Å². The Morgan fingerprint density at radius 2 is 1.47 bits per heavy atom. The number of rotatable bonds is 6. The van der Waals surface area contributed by atoms with Crippen molar-refractivity contribution in [3.63, 3.8) is 0 Å². The highest BCUT2D eigenvalue weighted by Crippen LogP contribution is 2.31. The summed E-state index contributed by atoms with van der Waals surface area (Å²) in [5.41, 5.74) is 5.19. The highest BCUT2D eigenvalue weighted by molar-refractivity contribution is 6.11. The largest absolute Gasteiger partial charge is 0.358 e. The summed E-state index contributed by atoms with van der Waals surface area (Å²) in [4.78, 5) is 22.3. The van der Waals surface area contributed by atoms with Crippen LogP contribution in [0.3, 0.4) is 0 Å². The lowest BCUT2D eigenvalue weighted by Gasteiger charge is -2.39. The van der Waals surface area contributed by atoms with Gasteiger partial charge in [0, 0.05) is 54.9 Å². The third-order valence-electron chi connectivity index (χ3n) is 6.52. The molecule has 1 atom stereocenters. The molecule has 4 heteroatoms. The number of benzene rings is 3. The van der Waals surface area contributed by atoms with E-state index in [9.17, 15) is 4.79 Å². The number of hydrogen-bond donors (Lipinski definition) is 1. The van der Waals surface area contributed by atoms with E-state index in [1.165, 1.54) is 5.56 Å². The first kappa shape index (κ1) is 20.7. The van der Waals surface area contributed by atoms with Gasteiger partial charge in [-0.25, -0.2) is 0 Å². The summed E-state index contributed by atoms with van der Waals surface area (Å²) < 4.78 is 0. The average molecular weight is 424 g/mol. The number of fused-ring (bicyclic) bond motifs is 1. The van der Waals surface area contributed by atoms with Crippen molar-refractivity contribution in [1.82, 2.24) is 14.8 Å². The number of ketones is 1. The zero-order chi connectivity index (χ0) is 21.9. The Hall–Kier alpha value is -3.21. The van der Waals surface area contributed by atoms with E-state index in [-0.39, 0.29) is 11.8 Å². The lowest BCUT2D eigenvalue weighted by molar-refractivity contribution is 0.0651. The van der Waals surface area contributed by atoms with Crippen molar-refractivity contribution in [2.45, 2.75) is 19.5 Å². The molecule has 1 aromatic heterocycles. The summed E-state index contributed by atoms with van der Waals surface area (Å²) >= 11 is 0. The third-order valence-corrected chi connectivity index (χ3v) is 6.52. The van der Waals surface area contributed by atoms with Gasteiger partial charge in [0.2, 0.25) is 0 Å². The van der Waals surface area contributed by atoms with Crippen LogP contribution in [0.2, 0.25) is 0 Å². The summed E-state index contributed by atoms with van der Waals surface area (Å²) in [6, 6.07) is 28.7. The Labute approximate surface area is 189 Å². The molecule has 3 aromatic carbocycles. The van der Waals surface area contributed by atoms with Crippen LogP contribution in [-0.4, -0.2) is 46.7 Å². The molecule has 2 heterocycles. The first-order valence-electron chi connectivity index (χ1n) is 11.4. The molecule has 0 radical (unpaired) electrons. The number of carbonyl (C=O) groups is 1. The van der Waals surface area contributed by atoms with Gasteiger partial charge in [-0.2, -0.15) is 0 Å². The van der Waals surface area contributed by atoms with Crippen LogP contribution < -0.4 is 0 Å². The molecule has 0 spiro atoms. The fourth-order valence-electron chi connectivity index (χ4n) is 4.92. The molecule has 4 aromatic rings. The van der Waals surface area contributed by atoms with E-state index in [0.717, 1.165) is 60.4 Å². The van der Waals surface area contributed by atoms with Gasteiger partial charge in [-0.05, 0) is 24.1 Å². The number of hydrogen-bond acceptors (Lipinski definition) is 3. The molecule has 0 bridgehead atoms. The van der Waals surface area contributed by atoms with Gasteiger partial charge in [0.15, 0.2) is 5.78 Å². The minimum atomic E-state index is -0.270. The minimum absolute atomic E-state index is 0.183. The van der Waals surface area contributed by atoms with Crippen molar-refractivity contribution in [3.05, 3.63) is 107 Å². The number of nitrogens with one attached hydrogen (secondary N) is 1. The highest BCUT2D eigenvalue weighted by Gasteiger charge is 2.33. The SMILES string of the molecule is Cc1[nH]c2ccccc2c1C(=O)C(c1ccccc1)N1CCN(Cc2ccccc2)CC1. The quantitative estimate of drug-likeness (QED) is 0.432. The van der Waals surface area contributed by atoms with Crippen molar-refractivity contribution >= 4 is 16.7 Å². The first-order valence-corrected chi connectivity index (χ1v) is 11.4. The molecule has 1 saturated heterocycles. The van der Waals surface area contributed by atoms with Gasteiger partial charge >= 0.3 is 0 Å². The number of Topliss-reactive ketones (excluding diaryl/α,β-unsaturated/α-hetero) is 1. The Morgan fingerprint density at radius 3 is 2.19 bits per heavy atom. The molecule has 0 amide bonds. The van der Waals surface area contributed by atoms with Crippen LogP contribution in [0.25, 0.3) is 10.9 Å². The average Bonchev–Trinajstić information content (AvgIpc) is 3.17. The van der Waals surface area contributed by atoms with E-state index in [0.29, 0.717) is 0 Å². The normalized spacial score (nSPS) is 16.3. The molecule has 162 valence electrons. The lowest BCUT2D eigenvalue weighted by atomic mass is 9.93. The Balaban J connectivity index is 1.41. The Bertz CT molecular complexity index is 1190. The molecule has 1 fully saturated rings. The van der Waals surface area contributed by atoms with Gasteiger partial charge in [0.05, 0.1) is 6.04 Å². The van der Waals surface area contributed by atoms with Gasteiger partial charge in [0.25, 0.3) is 0 Å². The lowest BCUT2D eigenvalue weighted by Crippen LogP contribution is -2.48. The van der Waals surface area contributed by atoms with Gasteiger partial charge in [-0.15, -0.1) is 0 Å². The molecule has 1 aliphatic heterocycles. The molecule has 1 N–H and O–H groups in total. The molecular weight excluding hydrogens is 394 g/mol. The fourth-order valence-corrected chi connectivity index (χ4v) is 4.92. The number of aryl methyl sites for hydroxylation is 1. The van der Waals surface area contributed by atoms with Gasteiger partial charge in [-0.1, -0.05) is 78.9 Å². The monoisotopic (exact) mass is 423 g/mol. The van der Waals surface area contributed by atoms with E-state index in [1.54, 1.807) is 0 Å². The second kappa shape index (κ2) is 9.11. The maximum Gasteiger partial charge on any atom is 0.186 e. The van der Waals surface area contributed by atoms with Crippen LogP contribution in [0.15, 0.2) is 84.9 Å². The third kappa shape index (κ3) is 4.12. The standard InChI is InChI=1S/C28H29N3O/c1-21-26(24-14-8-9-15-25(24)29-21)28(32)27(23-12-6-3-7-13-23)31-18-16-30(17-19-31)20-22-10-4-2-5-11-22/h2-15,27,29H,16-20H2,1H3. The number of nitrogens with zero attached hydrogens (tertiary/aromatic N) is 2. The van der Waals surface area contributed by atoms with E-state index in [1.807, 2.05) is 49.4 Å². The molecular formula is C28H29N3O. The molecule has 32 heavy (non-hydrogen) atoms. The maximum atomic E-state index is 14.0. The zero-order valence-electron chi connectivity index (χ0n) is 18.5. The number of para-hydroxylation sites is 1. The number of piperazine rings is 1. The fraction of sp³-hybridized carbons (Fsp3) is 0.250. The molecule has 5 rings (SSSR count). The second-order valence-corrected chi connectivity index (χ2v) is 8.65. The van der Waals surface area contributed by atoms with Gasteiger partial charge < -0.3 is 4.98 Å². The van der Waals surface area contributed by atoms with Crippen molar-refractivity contribution in [2.75, 3.05) is 26.2 Å². The maximum absolute atomic E-state index is 14.0. The van der Waals surface area contributed by atoms with E-state index < -0.39 is 0 Å². The Morgan fingerprint density at radius 1 is 0.844 bits per heavy atom. The minimum Gasteiger partial charge on any atom is -0.358 e. The number of H-pyrrole nitrogens is 1. The summed E-state index contributed by atoms with van der Waals surface area (Å²) in [6.45, 7) is 6.63. The van der Waals surface area contributed by atoms with Gasteiger partial charge in [-0.3, -0.25) is 14.6 Å². The number of aromatic amines is 1. The van der Waals surface area contributed by atoms with Crippen LogP contribution in [0.4, 0.5) is 0 Å². The molecule has 0 aliphatic carbocycles. The van der Waals surface area contributed by atoms with Gasteiger partial charge in [0.1, 0.15) is 0 Å². The summed E-state index contributed by atoms with van der Waals surface area (Å²) in [5.74, 6) is 0.183. The van der Waals surface area contributed by atoms with Crippen molar-refractivity contribution in [1.29, 1.82) is 0 Å². The summed E-state index contributed by atoms with van der Waals surface area (Å²) in [6.07, 6.45) is 0. The van der Waals surface area contributed by atoms with Crippen molar-refractivity contribution in [3.8, 4) is 0 Å². The van der Waals surface area contributed by atoms with Crippen molar-refractivity contribution < 1.29 is 4.79 Å².